The Balaban J connectivity index is 1.55. The molecule has 0 unspecified atom stereocenters. The maximum absolute atomic E-state index is 12.1. The molecule has 1 N–H and O–H groups in total. The van der Waals surface area contributed by atoms with Gasteiger partial charge in [0.25, 0.3) is 5.91 Å². The van der Waals surface area contributed by atoms with Crippen molar-refractivity contribution < 1.29 is 19.1 Å². The third-order valence-electron chi connectivity index (χ3n) is 4.39. The Labute approximate surface area is 169 Å². The summed E-state index contributed by atoms with van der Waals surface area (Å²) in [5.74, 6) is -0.307. The molecular weight excluding hydrogens is 368 g/mol. The maximum Gasteiger partial charge on any atom is 0.331 e. The molecule has 29 heavy (non-hydrogen) atoms. The molecule has 0 bridgehead atoms. The first-order valence-corrected chi connectivity index (χ1v) is 9.19. The zero-order chi connectivity index (χ0) is 20.6. The second-order valence-corrected chi connectivity index (χ2v) is 6.39. The van der Waals surface area contributed by atoms with Gasteiger partial charge in [-0.1, -0.05) is 42.5 Å². The van der Waals surface area contributed by atoms with Gasteiger partial charge in [-0.2, -0.15) is 0 Å². The molecule has 6 heteroatoms. The summed E-state index contributed by atoms with van der Waals surface area (Å²) in [6, 6.07) is 16.6. The highest BCUT2D eigenvalue weighted by atomic mass is 16.5. The summed E-state index contributed by atoms with van der Waals surface area (Å²) >= 11 is 0. The molecule has 6 nitrogen and oxygen atoms in total. The highest BCUT2D eigenvalue weighted by Gasteiger charge is 2.14. The third-order valence-corrected chi connectivity index (χ3v) is 4.39. The maximum atomic E-state index is 12.1. The normalized spacial score (nSPS) is 11.9. The minimum atomic E-state index is -0.599. The van der Waals surface area contributed by atoms with Crippen LogP contribution in [-0.4, -0.2) is 30.6 Å². The molecule has 0 spiro atoms. The molecule has 2 aromatic carbocycles. The number of fused-ring (bicyclic) bond motifs is 1. The summed E-state index contributed by atoms with van der Waals surface area (Å²) in [6.07, 6.45) is 4.62. The highest BCUT2D eigenvalue weighted by molar-refractivity contribution is 5.93. The summed E-state index contributed by atoms with van der Waals surface area (Å²) in [4.78, 5) is 28.4. The molecule has 0 radical (unpaired) electrons. The van der Waals surface area contributed by atoms with Gasteiger partial charge in [0.1, 0.15) is 5.75 Å². The lowest BCUT2D eigenvalue weighted by Crippen LogP contribution is -2.31. The number of pyridine rings is 1. The molecule has 1 heterocycles. The zero-order valence-corrected chi connectivity index (χ0v) is 16.3. The van der Waals surface area contributed by atoms with E-state index in [1.807, 2.05) is 61.5 Å². The van der Waals surface area contributed by atoms with E-state index in [0.717, 1.165) is 22.0 Å². The third kappa shape index (κ3) is 5.19. The SMILES string of the molecule is COc1ccccc1[C@@H](C)NC(=O)COC(=O)/C=C/c1cccc2cccnc12. The second kappa shape index (κ2) is 9.50. The lowest BCUT2D eigenvalue weighted by molar-refractivity contribution is -0.144. The van der Waals surface area contributed by atoms with Crippen molar-refractivity contribution in [3.63, 3.8) is 0 Å². The number of nitrogens with zero attached hydrogens (tertiary/aromatic N) is 1. The number of aromatic nitrogens is 1. The number of nitrogens with one attached hydrogen (secondary N) is 1. The number of ether oxygens (including phenoxy) is 2. The molecule has 0 saturated heterocycles. The Morgan fingerprint density at radius 2 is 1.90 bits per heavy atom. The van der Waals surface area contributed by atoms with E-state index < -0.39 is 11.9 Å². The van der Waals surface area contributed by atoms with Crippen LogP contribution in [0.4, 0.5) is 0 Å². The van der Waals surface area contributed by atoms with Crippen LogP contribution in [0.3, 0.4) is 0 Å². The standard InChI is InChI=1S/C23H22N2O4/c1-16(19-10-3-4-11-20(19)28-2)25-21(26)15-29-22(27)13-12-18-8-5-7-17-9-6-14-24-23(17)18/h3-14,16H,15H2,1-2H3,(H,25,26)/b13-12+/t16-/m1/s1. The fourth-order valence-electron chi connectivity index (χ4n) is 2.99. The van der Waals surface area contributed by atoms with Crippen molar-refractivity contribution in [2.45, 2.75) is 13.0 Å². The summed E-state index contributed by atoms with van der Waals surface area (Å²) < 4.78 is 10.3. The van der Waals surface area contributed by atoms with Crippen molar-refractivity contribution in [1.29, 1.82) is 0 Å². The van der Waals surface area contributed by atoms with Gasteiger partial charge in [-0.05, 0) is 25.1 Å². The number of carbonyl (C=O) groups excluding carboxylic acids is 2. The van der Waals surface area contributed by atoms with Gasteiger partial charge in [0, 0.05) is 28.8 Å². The van der Waals surface area contributed by atoms with Crippen molar-refractivity contribution in [2.24, 2.45) is 0 Å². The molecule has 3 rings (SSSR count). The van der Waals surface area contributed by atoms with E-state index >= 15 is 0 Å². The van der Waals surface area contributed by atoms with E-state index in [2.05, 4.69) is 10.3 Å². The molecule has 0 fully saturated rings. The number of hydrogen-bond acceptors (Lipinski definition) is 5. The molecule has 0 aliphatic carbocycles. The Kier molecular flexibility index (Phi) is 6.58. The second-order valence-electron chi connectivity index (χ2n) is 6.39. The van der Waals surface area contributed by atoms with Crippen molar-refractivity contribution in [3.8, 4) is 5.75 Å². The summed E-state index contributed by atoms with van der Waals surface area (Å²) in [7, 11) is 1.58. The van der Waals surface area contributed by atoms with Crippen LogP contribution in [0.2, 0.25) is 0 Å². The van der Waals surface area contributed by atoms with Crippen LogP contribution in [0.15, 0.2) is 66.9 Å². The molecule has 0 aliphatic heterocycles. The van der Waals surface area contributed by atoms with Crippen LogP contribution in [0.25, 0.3) is 17.0 Å². The number of hydrogen-bond donors (Lipinski definition) is 1. The van der Waals surface area contributed by atoms with Gasteiger partial charge in [-0.25, -0.2) is 4.79 Å². The minimum absolute atomic E-state index is 0.283. The monoisotopic (exact) mass is 390 g/mol. The van der Waals surface area contributed by atoms with Gasteiger partial charge >= 0.3 is 5.97 Å². The molecule has 0 aliphatic rings. The number of rotatable bonds is 7. The first-order valence-electron chi connectivity index (χ1n) is 9.19. The van der Waals surface area contributed by atoms with Gasteiger partial charge in [0.2, 0.25) is 0 Å². The first-order chi connectivity index (χ1) is 14.1. The van der Waals surface area contributed by atoms with E-state index in [4.69, 9.17) is 9.47 Å². The predicted molar refractivity (Wildman–Crippen MR) is 111 cm³/mol. The molecule has 3 aromatic rings. The van der Waals surface area contributed by atoms with Gasteiger partial charge in [0.05, 0.1) is 18.7 Å². The van der Waals surface area contributed by atoms with Crippen LogP contribution in [0.1, 0.15) is 24.1 Å². The molecule has 148 valence electrons. The molecular formula is C23H22N2O4. The quantitative estimate of drug-likeness (QED) is 0.492. The van der Waals surface area contributed by atoms with E-state index in [0.29, 0.717) is 5.75 Å². The van der Waals surface area contributed by atoms with Crippen LogP contribution in [0.5, 0.6) is 5.75 Å². The Hall–Kier alpha value is -3.67. The Morgan fingerprint density at radius 3 is 2.72 bits per heavy atom. The van der Waals surface area contributed by atoms with Gasteiger partial charge in [-0.15, -0.1) is 0 Å². The number of methoxy groups -OCH3 is 1. The minimum Gasteiger partial charge on any atom is -0.496 e. The highest BCUT2D eigenvalue weighted by Crippen LogP contribution is 2.24. The van der Waals surface area contributed by atoms with Crippen molar-refractivity contribution in [1.82, 2.24) is 10.3 Å². The van der Waals surface area contributed by atoms with Crippen molar-refractivity contribution in [2.75, 3.05) is 13.7 Å². The number of para-hydroxylation sites is 2. The number of carbonyl (C=O) groups is 2. The fraction of sp³-hybridized carbons (Fsp3) is 0.174. The largest absolute Gasteiger partial charge is 0.496 e. The van der Waals surface area contributed by atoms with Crippen LogP contribution < -0.4 is 10.1 Å². The lowest BCUT2D eigenvalue weighted by atomic mass is 10.1. The average molecular weight is 390 g/mol. The van der Waals surface area contributed by atoms with E-state index in [-0.39, 0.29) is 12.6 Å². The van der Waals surface area contributed by atoms with Crippen LogP contribution in [0, 0.1) is 0 Å². The number of esters is 1. The first kappa shape index (κ1) is 20.1. The smallest absolute Gasteiger partial charge is 0.331 e. The lowest BCUT2D eigenvalue weighted by Gasteiger charge is -2.17. The summed E-state index contributed by atoms with van der Waals surface area (Å²) in [6.45, 7) is 1.47. The Morgan fingerprint density at radius 1 is 1.10 bits per heavy atom. The van der Waals surface area contributed by atoms with Crippen LogP contribution >= 0.6 is 0 Å². The molecule has 1 atom stereocenters. The molecule has 1 aromatic heterocycles. The summed E-state index contributed by atoms with van der Waals surface area (Å²) in [5.41, 5.74) is 2.44. The van der Waals surface area contributed by atoms with E-state index in [1.165, 1.54) is 6.08 Å². The Bertz CT molecular complexity index is 1040. The predicted octanol–water partition coefficient (Wildman–Crippen LogP) is 3.68. The van der Waals surface area contributed by atoms with Crippen molar-refractivity contribution >= 4 is 28.9 Å². The van der Waals surface area contributed by atoms with E-state index in [9.17, 15) is 9.59 Å². The van der Waals surface area contributed by atoms with Gasteiger partial charge in [-0.3, -0.25) is 9.78 Å². The summed E-state index contributed by atoms with van der Waals surface area (Å²) in [5, 5.41) is 3.77. The molecule has 1 amide bonds. The van der Waals surface area contributed by atoms with Crippen LogP contribution in [-0.2, 0) is 14.3 Å². The average Bonchev–Trinajstić information content (AvgIpc) is 2.76. The molecule has 0 saturated carbocycles. The fourth-order valence-corrected chi connectivity index (χ4v) is 2.99. The topological polar surface area (TPSA) is 77.5 Å². The van der Waals surface area contributed by atoms with E-state index in [1.54, 1.807) is 19.4 Å². The van der Waals surface area contributed by atoms with Crippen molar-refractivity contribution in [3.05, 3.63) is 78.0 Å². The number of benzene rings is 2. The van der Waals surface area contributed by atoms with Gasteiger partial charge in [0.15, 0.2) is 6.61 Å². The van der Waals surface area contributed by atoms with Gasteiger partial charge < -0.3 is 14.8 Å². The number of amides is 1. The zero-order valence-electron chi connectivity index (χ0n) is 16.3.